The van der Waals surface area contributed by atoms with Crippen molar-refractivity contribution in [2.24, 2.45) is 0 Å². The molecule has 0 aliphatic rings. The molecular formula is C20H18ClNO5. The largest absolute Gasteiger partial charge is 0.508 e. The van der Waals surface area contributed by atoms with Gasteiger partial charge >= 0.3 is 5.97 Å². The maximum atomic E-state index is 12.1. The molecule has 0 bridgehead atoms. The average molecular weight is 388 g/mol. The lowest BCUT2D eigenvalue weighted by Crippen LogP contribution is -2.31. The van der Waals surface area contributed by atoms with Crippen LogP contribution >= 0.6 is 11.6 Å². The lowest BCUT2D eigenvalue weighted by molar-refractivity contribution is -0.151. The summed E-state index contributed by atoms with van der Waals surface area (Å²) in [5.74, 6) is -0.750. The van der Waals surface area contributed by atoms with Gasteiger partial charge in [0.15, 0.2) is 6.61 Å². The summed E-state index contributed by atoms with van der Waals surface area (Å²) in [6.07, 6.45) is 1.42. The summed E-state index contributed by atoms with van der Waals surface area (Å²) in [7, 11) is 1.64. The molecule has 0 atom stereocenters. The third-order valence-corrected chi connectivity index (χ3v) is 4.34. The van der Waals surface area contributed by atoms with Gasteiger partial charge in [0.25, 0.3) is 5.91 Å². The molecular weight excluding hydrogens is 370 g/mol. The van der Waals surface area contributed by atoms with Crippen LogP contribution in [0.15, 0.2) is 53.1 Å². The summed E-state index contributed by atoms with van der Waals surface area (Å²) >= 11 is 5.84. The number of carbonyl (C=O) groups excluding carboxylic acids is 2. The van der Waals surface area contributed by atoms with Crippen LogP contribution in [-0.4, -0.2) is 35.5 Å². The van der Waals surface area contributed by atoms with Crippen LogP contribution in [0.2, 0.25) is 5.02 Å². The van der Waals surface area contributed by atoms with Crippen molar-refractivity contribution in [3.63, 3.8) is 0 Å². The number of phenolic OH excluding ortho intramolecular Hbond substituents is 1. The highest BCUT2D eigenvalue weighted by molar-refractivity contribution is 6.30. The molecule has 3 rings (SSSR count). The summed E-state index contributed by atoms with van der Waals surface area (Å²) in [4.78, 5) is 25.7. The van der Waals surface area contributed by atoms with Crippen molar-refractivity contribution in [2.75, 3.05) is 13.7 Å². The normalized spacial score (nSPS) is 10.7. The molecule has 0 aliphatic carbocycles. The second-order valence-corrected chi connectivity index (χ2v) is 6.59. The number of benzene rings is 2. The van der Waals surface area contributed by atoms with Crippen molar-refractivity contribution < 1.29 is 23.8 Å². The third kappa shape index (κ3) is 4.80. The van der Waals surface area contributed by atoms with E-state index in [0.717, 1.165) is 10.9 Å². The Labute approximate surface area is 160 Å². The number of likely N-dealkylation sites (N-methyl/N-ethyl adjacent to an activating group) is 1. The number of aromatic hydroxyl groups is 1. The molecule has 3 aromatic rings. The number of hydrogen-bond donors (Lipinski definition) is 1. The van der Waals surface area contributed by atoms with Gasteiger partial charge in [0.2, 0.25) is 0 Å². The van der Waals surface area contributed by atoms with Crippen LogP contribution in [0.3, 0.4) is 0 Å². The zero-order valence-corrected chi connectivity index (χ0v) is 15.4. The second-order valence-electron chi connectivity index (χ2n) is 6.16. The maximum absolute atomic E-state index is 12.1. The summed E-state index contributed by atoms with van der Waals surface area (Å²) in [6.45, 7) is 0.0584. The van der Waals surface area contributed by atoms with E-state index in [9.17, 15) is 14.7 Å². The standard InChI is InChI=1S/C20H18ClNO5/c1-22(10-13-2-4-15(21)5-3-13)19(24)12-27-20(25)8-14-11-26-18-9-16(23)6-7-17(14)18/h2-7,9,11,23H,8,10,12H2,1H3. The van der Waals surface area contributed by atoms with Crippen molar-refractivity contribution in [1.82, 2.24) is 4.90 Å². The van der Waals surface area contributed by atoms with Gasteiger partial charge in [0.1, 0.15) is 11.3 Å². The number of carbonyl (C=O) groups is 2. The monoisotopic (exact) mass is 387 g/mol. The topological polar surface area (TPSA) is 80.0 Å². The number of phenols is 1. The summed E-state index contributed by atoms with van der Waals surface area (Å²) in [6, 6.07) is 11.8. The minimum Gasteiger partial charge on any atom is -0.508 e. The van der Waals surface area contributed by atoms with Crippen LogP contribution in [0.25, 0.3) is 11.0 Å². The van der Waals surface area contributed by atoms with Crippen molar-refractivity contribution >= 4 is 34.4 Å². The molecule has 0 saturated carbocycles. The summed E-state index contributed by atoms with van der Waals surface area (Å²) in [5.41, 5.74) is 2.04. The Morgan fingerprint density at radius 3 is 2.67 bits per heavy atom. The van der Waals surface area contributed by atoms with E-state index in [1.54, 1.807) is 25.2 Å². The fraction of sp³-hybridized carbons (Fsp3) is 0.200. The Morgan fingerprint density at radius 2 is 1.93 bits per heavy atom. The minimum absolute atomic E-state index is 0.0219. The first-order chi connectivity index (χ1) is 12.9. The number of nitrogens with zero attached hydrogens (tertiary/aromatic N) is 1. The molecule has 1 heterocycles. The molecule has 0 radical (unpaired) electrons. The van der Waals surface area contributed by atoms with E-state index in [0.29, 0.717) is 22.7 Å². The number of hydrogen-bond acceptors (Lipinski definition) is 5. The van der Waals surface area contributed by atoms with Gasteiger partial charge in [-0.3, -0.25) is 9.59 Å². The van der Waals surface area contributed by atoms with E-state index in [1.165, 1.54) is 23.3 Å². The zero-order valence-electron chi connectivity index (χ0n) is 14.6. The van der Waals surface area contributed by atoms with E-state index in [1.807, 2.05) is 12.1 Å². The molecule has 1 aromatic heterocycles. The van der Waals surface area contributed by atoms with Crippen molar-refractivity contribution in [2.45, 2.75) is 13.0 Å². The van der Waals surface area contributed by atoms with Gasteiger partial charge in [0.05, 0.1) is 12.7 Å². The predicted molar refractivity (Wildman–Crippen MR) is 100 cm³/mol. The van der Waals surface area contributed by atoms with E-state index >= 15 is 0 Å². The van der Waals surface area contributed by atoms with E-state index in [-0.39, 0.29) is 24.7 Å². The number of halogens is 1. The highest BCUT2D eigenvalue weighted by Crippen LogP contribution is 2.25. The van der Waals surface area contributed by atoms with Gasteiger partial charge in [-0.25, -0.2) is 0 Å². The molecule has 1 N–H and O–H groups in total. The summed E-state index contributed by atoms with van der Waals surface area (Å²) < 4.78 is 10.4. The molecule has 0 aliphatic heterocycles. The van der Waals surface area contributed by atoms with Gasteiger partial charge in [-0.1, -0.05) is 23.7 Å². The molecule has 6 nitrogen and oxygen atoms in total. The fourth-order valence-electron chi connectivity index (χ4n) is 2.62. The second kappa shape index (κ2) is 8.14. The molecule has 27 heavy (non-hydrogen) atoms. The number of ether oxygens (including phenoxy) is 1. The van der Waals surface area contributed by atoms with Gasteiger partial charge in [-0.2, -0.15) is 0 Å². The third-order valence-electron chi connectivity index (χ3n) is 4.09. The smallest absolute Gasteiger partial charge is 0.310 e. The predicted octanol–water partition coefficient (Wildman–Crippen LogP) is 3.54. The van der Waals surface area contributed by atoms with Crippen LogP contribution in [-0.2, 0) is 27.3 Å². The van der Waals surface area contributed by atoms with Gasteiger partial charge < -0.3 is 19.2 Å². The first kappa shape index (κ1) is 18.8. The minimum atomic E-state index is -0.529. The molecule has 1 amide bonds. The van der Waals surface area contributed by atoms with Gasteiger partial charge in [-0.15, -0.1) is 0 Å². The molecule has 0 unspecified atom stereocenters. The quantitative estimate of drug-likeness (QED) is 0.654. The fourth-order valence-corrected chi connectivity index (χ4v) is 2.75. The molecule has 2 aromatic carbocycles. The SMILES string of the molecule is CN(Cc1ccc(Cl)cc1)C(=O)COC(=O)Cc1coc2cc(O)ccc12. The Morgan fingerprint density at radius 1 is 1.19 bits per heavy atom. The maximum Gasteiger partial charge on any atom is 0.310 e. The molecule has 0 saturated heterocycles. The first-order valence-corrected chi connectivity index (χ1v) is 8.63. The van der Waals surface area contributed by atoms with Crippen molar-refractivity contribution in [3.05, 3.63) is 64.9 Å². The number of rotatable bonds is 6. The number of amides is 1. The number of furan rings is 1. The van der Waals surface area contributed by atoms with Crippen LogP contribution < -0.4 is 0 Å². The van der Waals surface area contributed by atoms with Crippen LogP contribution in [0.1, 0.15) is 11.1 Å². The highest BCUT2D eigenvalue weighted by atomic mass is 35.5. The Balaban J connectivity index is 1.51. The van der Waals surface area contributed by atoms with E-state index in [2.05, 4.69) is 0 Å². The Bertz CT molecular complexity index is 964. The average Bonchev–Trinajstić information content (AvgIpc) is 3.03. The molecule has 7 heteroatoms. The molecule has 0 fully saturated rings. The van der Waals surface area contributed by atoms with E-state index < -0.39 is 5.97 Å². The highest BCUT2D eigenvalue weighted by Gasteiger charge is 2.15. The van der Waals surface area contributed by atoms with Crippen LogP contribution in [0.5, 0.6) is 5.75 Å². The Hall–Kier alpha value is -2.99. The van der Waals surface area contributed by atoms with Crippen molar-refractivity contribution in [3.8, 4) is 5.75 Å². The lowest BCUT2D eigenvalue weighted by Gasteiger charge is -2.17. The zero-order chi connectivity index (χ0) is 19.4. The molecule has 0 spiro atoms. The van der Waals surface area contributed by atoms with Crippen LogP contribution in [0, 0.1) is 0 Å². The number of esters is 1. The molecule has 140 valence electrons. The Kier molecular flexibility index (Phi) is 5.66. The van der Waals surface area contributed by atoms with E-state index in [4.69, 9.17) is 20.8 Å². The number of fused-ring (bicyclic) bond motifs is 1. The lowest BCUT2D eigenvalue weighted by atomic mass is 10.1. The van der Waals surface area contributed by atoms with Crippen LogP contribution in [0.4, 0.5) is 0 Å². The first-order valence-electron chi connectivity index (χ1n) is 8.25. The van der Waals surface area contributed by atoms with Crippen molar-refractivity contribution in [1.29, 1.82) is 0 Å². The van der Waals surface area contributed by atoms with Gasteiger partial charge in [0, 0.05) is 35.6 Å². The van der Waals surface area contributed by atoms with Gasteiger partial charge in [-0.05, 0) is 29.8 Å². The summed E-state index contributed by atoms with van der Waals surface area (Å²) in [5, 5.41) is 10.8.